The van der Waals surface area contributed by atoms with E-state index in [0.29, 0.717) is 25.3 Å². The molecule has 1 aliphatic rings. The Hall–Kier alpha value is -3.22. The van der Waals surface area contributed by atoms with Gasteiger partial charge in [0.2, 0.25) is 0 Å². The summed E-state index contributed by atoms with van der Waals surface area (Å²) in [5.74, 6) is 0.222. The summed E-state index contributed by atoms with van der Waals surface area (Å²) in [6.45, 7) is 6.19. The van der Waals surface area contributed by atoms with E-state index >= 15 is 0 Å². The normalized spacial score (nSPS) is 15.6. The van der Waals surface area contributed by atoms with Crippen molar-refractivity contribution in [2.45, 2.75) is 45.4 Å². The van der Waals surface area contributed by atoms with Gasteiger partial charge in [-0.05, 0) is 68.1 Å². The number of fused-ring (bicyclic) bond motifs is 1. The van der Waals surface area contributed by atoms with Gasteiger partial charge in [-0.1, -0.05) is 18.2 Å². The van der Waals surface area contributed by atoms with E-state index in [1.807, 2.05) is 55.4 Å². The van der Waals surface area contributed by atoms with Crippen LogP contribution in [0.15, 0.2) is 42.5 Å². The zero-order valence-corrected chi connectivity index (χ0v) is 19.7. The predicted molar refractivity (Wildman–Crippen MR) is 123 cm³/mol. The molecule has 0 N–H and O–H groups in total. The molecule has 0 aromatic heterocycles. The highest BCUT2D eigenvalue weighted by Crippen LogP contribution is 2.34. The highest BCUT2D eigenvalue weighted by molar-refractivity contribution is 5.84. The SMILES string of the molecule is COC(=O)[C@H]1c2ccc(OCc3cccc(N(C)C)c3)cc2CCN1C(=O)OC(C)(C)C. The van der Waals surface area contributed by atoms with Gasteiger partial charge in [-0.15, -0.1) is 0 Å². The average Bonchev–Trinajstić information content (AvgIpc) is 2.75. The summed E-state index contributed by atoms with van der Waals surface area (Å²) >= 11 is 0. The molecular weight excluding hydrogens is 408 g/mol. The van der Waals surface area contributed by atoms with Crippen molar-refractivity contribution in [2.75, 3.05) is 32.6 Å². The molecule has 1 atom stereocenters. The van der Waals surface area contributed by atoms with E-state index in [4.69, 9.17) is 14.2 Å². The van der Waals surface area contributed by atoms with E-state index in [1.165, 1.54) is 12.0 Å². The minimum atomic E-state index is -0.843. The number of hydrogen-bond donors (Lipinski definition) is 0. The van der Waals surface area contributed by atoms with Crippen LogP contribution in [0.2, 0.25) is 0 Å². The van der Waals surface area contributed by atoms with Crippen molar-refractivity contribution in [2.24, 2.45) is 0 Å². The highest BCUT2D eigenvalue weighted by atomic mass is 16.6. The molecule has 0 bridgehead atoms. The third-order valence-corrected chi connectivity index (χ3v) is 5.23. The average molecular weight is 441 g/mol. The third-order valence-electron chi connectivity index (χ3n) is 5.23. The molecule has 0 unspecified atom stereocenters. The van der Waals surface area contributed by atoms with E-state index < -0.39 is 23.7 Å². The number of hydrogen-bond acceptors (Lipinski definition) is 6. The molecule has 0 spiro atoms. The maximum absolute atomic E-state index is 12.7. The molecule has 1 heterocycles. The summed E-state index contributed by atoms with van der Waals surface area (Å²) in [6.07, 6.45) is 0.0645. The number of carbonyl (C=O) groups is 2. The second-order valence-electron chi connectivity index (χ2n) is 9.06. The van der Waals surface area contributed by atoms with Crippen LogP contribution in [-0.2, 0) is 27.3 Å². The molecular formula is C25H32N2O5. The molecule has 0 fully saturated rings. The van der Waals surface area contributed by atoms with Crippen molar-refractivity contribution in [1.82, 2.24) is 4.90 Å². The number of nitrogens with zero attached hydrogens (tertiary/aromatic N) is 2. The lowest BCUT2D eigenvalue weighted by atomic mass is 9.92. The number of esters is 1. The Morgan fingerprint density at radius 2 is 1.88 bits per heavy atom. The van der Waals surface area contributed by atoms with Crippen LogP contribution in [0.3, 0.4) is 0 Å². The van der Waals surface area contributed by atoms with Gasteiger partial charge in [0.25, 0.3) is 0 Å². The summed E-state index contributed by atoms with van der Waals surface area (Å²) in [4.78, 5) is 28.8. The van der Waals surface area contributed by atoms with E-state index in [1.54, 1.807) is 20.8 Å². The van der Waals surface area contributed by atoms with E-state index in [2.05, 4.69) is 6.07 Å². The van der Waals surface area contributed by atoms with Gasteiger partial charge in [0.15, 0.2) is 6.04 Å². The standard InChI is InChI=1S/C25H32N2O5/c1-25(2,3)32-24(29)27-13-12-18-15-20(10-11-21(18)22(27)23(28)30-6)31-16-17-8-7-9-19(14-17)26(4)5/h7-11,14-15,22H,12-13,16H2,1-6H3/t22-/m1/s1. The second kappa shape index (κ2) is 9.51. The molecule has 0 saturated carbocycles. The van der Waals surface area contributed by atoms with Crippen LogP contribution in [-0.4, -0.2) is 50.3 Å². The number of carbonyl (C=O) groups excluding carboxylic acids is 2. The number of amides is 1. The maximum atomic E-state index is 12.7. The zero-order valence-electron chi connectivity index (χ0n) is 19.7. The molecule has 1 aliphatic heterocycles. The van der Waals surface area contributed by atoms with Crippen molar-refractivity contribution in [1.29, 1.82) is 0 Å². The van der Waals surface area contributed by atoms with E-state index in [9.17, 15) is 9.59 Å². The Bertz CT molecular complexity index is 981. The van der Waals surface area contributed by atoms with Gasteiger partial charge in [-0.25, -0.2) is 9.59 Å². The molecule has 1 amide bonds. The van der Waals surface area contributed by atoms with Gasteiger partial charge in [0.1, 0.15) is 18.0 Å². The Labute approximate surface area is 189 Å². The molecule has 7 nitrogen and oxygen atoms in total. The molecule has 3 rings (SSSR count). The van der Waals surface area contributed by atoms with Crippen LogP contribution in [0, 0.1) is 0 Å². The van der Waals surface area contributed by atoms with Crippen LogP contribution < -0.4 is 9.64 Å². The largest absolute Gasteiger partial charge is 0.489 e. The van der Waals surface area contributed by atoms with Crippen molar-refractivity contribution < 1.29 is 23.8 Å². The number of methoxy groups -OCH3 is 1. The molecule has 172 valence electrons. The van der Waals surface area contributed by atoms with Crippen molar-refractivity contribution in [3.63, 3.8) is 0 Å². The van der Waals surface area contributed by atoms with Gasteiger partial charge in [0.05, 0.1) is 7.11 Å². The zero-order chi connectivity index (χ0) is 23.5. The highest BCUT2D eigenvalue weighted by Gasteiger charge is 2.39. The summed E-state index contributed by atoms with van der Waals surface area (Å²) in [6, 6.07) is 12.9. The van der Waals surface area contributed by atoms with E-state index in [0.717, 1.165) is 22.4 Å². The van der Waals surface area contributed by atoms with Gasteiger partial charge in [-0.3, -0.25) is 4.90 Å². The van der Waals surface area contributed by atoms with Crippen molar-refractivity contribution in [3.05, 3.63) is 59.2 Å². The van der Waals surface area contributed by atoms with Crippen molar-refractivity contribution >= 4 is 17.7 Å². The third kappa shape index (κ3) is 5.52. The Morgan fingerprint density at radius 1 is 1.12 bits per heavy atom. The van der Waals surface area contributed by atoms with Crippen LogP contribution in [0.25, 0.3) is 0 Å². The molecule has 0 aliphatic carbocycles. The maximum Gasteiger partial charge on any atom is 0.411 e. The molecule has 2 aromatic carbocycles. The first kappa shape index (κ1) is 23.4. The number of rotatable bonds is 5. The molecule has 7 heteroatoms. The number of anilines is 1. The minimum absolute atomic E-state index is 0.357. The fraction of sp³-hybridized carbons (Fsp3) is 0.440. The first-order valence-corrected chi connectivity index (χ1v) is 10.7. The van der Waals surface area contributed by atoms with Crippen LogP contribution in [0.1, 0.15) is 43.5 Å². The summed E-state index contributed by atoms with van der Waals surface area (Å²) in [5, 5.41) is 0. The van der Waals surface area contributed by atoms with Crippen LogP contribution >= 0.6 is 0 Å². The fourth-order valence-corrected chi connectivity index (χ4v) is 3.67. The van der Waals surface area contributed by atoms with Crippen LogP contribution in [0.4, 0.5) is 10.5 Å². The van der Waals surface area contributed by atoms with E-state index in [-0.39, 0.29) is 0 Å². The molecule has 2 aromatic rings. The number of ether oxygens (including phenoxy) is 3. The van der Waals surface area contributed by atoms with Crippen LogP contribution in [0.5, 0.6) is 5.75 Å². The fourth-order valence-electron chi connectivity index (χ4n) is 3.67. The van der Waals surface area contributed by atoms with Gasteiger partial charge in [-0.2, -0.15) is 0 Å². The van der Waals surface area contributed by atoms with Gasteiger partial charge >= 0.3 is 12.1 Å². The molecule has 32 heavy (non-hydrogen) atoms. The summed E-state index contributed by atoms with van der Waals surface area (Å²) in [7, 11) is 5.33. The lowest BCUT2D eigenvalue weighted by Crippen LogP contribution is -2.46. The van der Waals surface area contributed by atoms with Gasteiger partial charge < -0.3 is 19.1 Å². The first-order chi connectivity index (χ1) is 15.1. The quantitative estimate of drug-likeness (QED) is 0.645. The Morgan fingerprint density at radius 3 is 2.53 bits per heavy atom. The molecule has 0 radical (unpaired) electrons. The van der Waals surface area contributed by atoms with Gasteiger partial charge in [0, 0.05) is 26.3 Å². The smallest absolute Gasteiger partial charge is 0.411 e. The monoisotopic (exact) mass is 440 g/mol. The summed E-state index contributed by atoms with van der Waals surface area (Å²) < 4.78 is 16.5. The van der Waals surface area contributed by atoms with Crippen molar-refractivity contribution in [3.8, 4) is 5.75 Å². The Kier molecular flexibility index (Phi) is 6.96. The lowest BCUT2D eigenvalue weighted by molar-refractivity contribution is -0.147. The number of benzene rings is 2. The second-order valence-corrected chi connectivity index (χ2v) is 9.06. The lowest BCUT2D eigenvalue weighted by Gasteiger charge is -2.36. The molecule has 0 saturated heterocycles. The Balaban J connectivity index is 1.79. The minimum Gasteiger partial charge on any atom is -0.489 e. The predicted octanol–water partition coefficient (Wildman–Crippen LogP) is 4.34. The topological polar surface area (TPSA) is 68.3 Å². The summed E-state index contributed by atoms with van der Waals surface area (Å²) in [5.41, 5.74) is 3.22. The first-order valence-electron chi connectivity index (χ1n) is 10.7.